The number of nitrogens with one attached hydrogen (secondary N) is 1. The molecule has 0 bridgehead atoms. The molecule has 3 aromatic rings. The molecule has 0 spiro atoms. The number of benzene rings is 1. The van der Waals surface area contributed by atoms with Crippen molar-refractivity contribution >= 4 is 10.9 Å². The molecule has 5 nitrogen and oxygen atoms in total. The molecule has 0 aliphatic heterocycles. The van der Waals surface area contributed by atoms with Gasteiger partial charge in [-0.2, -0.15) is 4.98 Å². The van der Waals surface area contributed by atoms with Gasteiger partial charge in [0.1, 0.15) is 5.69 Å². The van der Waals surface area contributed by atoms with E-state index in [2.05, 4.69) is 20.4 Å². The van der Waals surface area contributed by atoms with E-state index in [0.717, 1.165) is 23.1 Å². The van der Waals surface area contributed by atoms with E-state index in [0.29, 0.717) is 11.7 Å². The minimum absolute atomic E-state index is 0.350. The van der Waals surface area contributed by atoms with Gasteiger partial charge in [-0.1, -0.05) is 36.3 Å². The molecule has 0 saturated heterocycles. The van der Waals surface area contributed by atoms with Crippen LogP contribution in [-0.4, -0.2) is 21.7 Å². The Kier molecular flexibility index (Phi) is 3.43. The van der Waals surface area contributed by atoms with E-state index in [1.165, 1.54) is 0 Å². The Morgan fingerprint density at radius 2 is 1.90 bits per heavy atom. The topological polar surface area (TPSA) is 63.8 Å². The second-order valence-corrected chi connectivity index (χ2v) is 5.47. The van der Waals surface area contributed by atoms with E-state index in [-0.39, 0.29) is 5.54 Å². The van der Waals surface area contributed by atoms with Crippen LogP contribution in [0.4, 0.5) is 0 Å². The van der Waals surface area contributed by atoms with Gasteiger partial charge in [-0.25, -0.2) is 4.98 Å². The molecule has 1 aromatic carbocycles. The number of aromatic nitrogens is 3. The van der Waals surface area contributed by atoms with Crippen LogP contribution in [-0.2, 0) is 5.54 Å². The van der Waals surface area contributed by atoms with Crippen LogP contribution in [0.15, 0.2) is 40.9 Å². The van der Waals surface area contributed by atoms with Crippen LogP contribution in [0.2, 0.25) is 0 Å². The first-order chi connectivity index (χ1) is 10.1. The summed E-state index contributed by atoms with van der Waals surface area (Å²) in [6.07, 6.45) is 0. The Labute approximate surface area is 123 Å². The van der Waals surface area contributed by atoms with E-state index in [9.17, 15) is 0 Å². The number of pyridine rings is 1. The lowest BCUT2D eigenvalue weighted by molar-refractivity contribution is 0.272. The maximum absolute atomic E-state index is 5.38. The van der Waals surface area contributed by atoms with Crippen molar-refractivity contribution < 1.29 is 4.52 Å². The molecule has 0 aliphatic carbocycles. The molecule has 0 unspecified atom stereocenters. The third-order valence-corrected chi connectivity index (χ3v) is 3.41. The molecule has 2 heterocycles. The molecule has 0 aliphatic rings. The molecule has 2 aromatic heterocycles. The van der Waals surface area contributed by atoms with Gasteiger partial charge in [-0.3, -0.25) is 0 Å². The summed E-state index contributed by atoms with van der Waals surface area (Å²) < 4.78 is 5.38. The van der Waals surface area contributed by atoms with Crippen molar-refractivity contribution in [1.82, 2.24) is 20.4 Å². The molecule has 0 radical (unpaired) electrons. The van der Waals surface area contributed by atoms with Crippen molar-refractivity contribution in [3.05, 3.63) is 42.3 Å². The van der Waals surface area contributed by atoms with Gasteiger partial charge in [0.05, 0.1) is 11.1 Å². The van der Waals surface area contributed by atoms with Crippen LogP contribution < -0.4 is 5.32 Å². The Morgan fingerprint density at radius 1 is 1.10 bits per heavy atom. The average molecular weight is 282 g/mol. The first-order valence-electron chi connectivity index (χ1n) is 7.05. The second-order valence-electron chi connectivity index (χ2n) is 5.47. The molecule has 21 heavy (non-hydrogen) atoms. The highest BCUT2D eigenvalue weighted by Gasteiger charge is 2.26. The molecule has 0 fully saturated rings. The monoisotopic (exact) mass is 282 g/mol. The first-order valence-corrected chi connectivity index (χ1v) is 7.05. The summed E-state index contributed by atoms with van der Waals surface area (Å²) >= 11 is 0. The molecular weight excluding hydrogens is 264 g/mol. The van der Waals surface area contributed by atoms with Crippen LogP contribution in [0.5, 0.6) is 0 Å². The third-order valence-electron chi connectivity index (χ3n) is 3.41. The second kappa shape index (κ2) is 5.26. The van der Waals surface area contributed by atoms with Crippen molar-refractivity contribution in [2.24, 2.45) is 0 Å². The molecular formula is C16H18N4O. The normalized spacial score (nSPS) is 12.0. The zero-order valence-corrected chi connectivity index (χ0v) is 12.4. The number of para-hydroxylation sites is 1. The molecule has 0 saturated carbocycles. The van der Waals surface area contributed by atoms with Crippen LogP contribution in [0.25, 0.3) is 22.4 Å². The van der Waals surface area contributed by atoms with Gasteiger partial charge in [0.15, 0.2) is 0 Å². The average Bonchev–Trinajstić information content (AvgIpc) is 2.97. The van der Waals surface area contributed by atoms with Crippen LogP contribution in [0.1, 0.15) is 26.7 Å². The van der Waals surface area contributed by atoms with Gasteiger partial charge in [0.2, 0.25) is 11.7 Å². The maximum atomic E-state index is 5.38. The smallest absolute Gasteiger partial charge is 0.246 e. The van der Waals surface area contributed by atoms with E-state index in [1.807, 2.05) is 57.2 Å². The molecule has 1 N–H and O–H groups in total. The van der Waals surface area contributed by atoms with Crippen molar-refractivity contribution in [1.29, 1.82) is 0 Å². The van der Waals surface area contributed by atoms with Gasteiger partial charge >= 0.3 is 0 Å². The fraction of sp³-hybridized carbons (Fsp3) is 0.312. The van der Waals surface area contributed by atoms with Gasteiger partial charge in [0.25, 0.3) is 0 Å². The summed E-state index contributed by atoms with van der Waals surface area (Å²) in [6.45, 7) is 6.91. The van der Waals surface area contributed by atoms with Crippen LogP contribution in [0, 0.1) is 0 Å². The van der Waals surface area contributed by atoms with E-state index >= 15 is 0 Å². The fourth-order valence-electron chi connectivity index (χ4n) is 2.29. The lowest BCUT2D eigenvalue weighted by atomic mass is 10.1. The lowest BCUT2D eigenvalue weighted by Crippen LogP contribution is -2.36. The number of fused-ring (bicyclic) bond motifs is 1. The molecule has 5 heteroatoms. The minimum Gasteiger partial charge on any atom is -0.337 e. The van der Waals surface area contributed by atoms with Crippen molar-refractivity contribution in [3.8, 4) is 11.5 Å². The quantitative estimate of drug-likeness (QED) is 0.796. The number of hydrogen-bond donors (Lipinski definition) is 1. The van der Waals surface area contributed by atoms with Gasteiger partial charge in [-0.05, 0) is 32.5 Å². The SMILES string of the molecule is CCNC(C)(C)c1nc(-c2ccc3ccccc3n2)no1. The lowest BCUT2D eigenvalue weighted by Gasteiger charge is -2.20. The molecule has 0 atom stereocenters. The maximum Gasteiger partial charge on any atom is 0.246 e. The highest BCUT2D eigenvalue weighted by molar-refractivity contribution is 5.80. The van der Waals surface area contributed by atoms with Crippen molar-refractivity contribution in [3.63, 3.8) is 0 Å². The van der Waals surface area contributed by atoms with E-state index in [4.69, 9.17) is 4.52 Å². The predicted molar refractivity (Wildman–Crippen MR) is 81.7 cm³/mol. The summed E-state index contributed by atoms with van der Waals surface area (Å²) in [5.41, 5.74) is 1.29. The number of nitrogens with zero attached hydrogens (tertiary/aromatic N) is 3. The number of rotatable bonds is 4. The fourth-order valence-corrected chi connectivity index (χ4v) is 2.29. The van der Waals surface area contributed by atoms with E-state index < -0.39 is 0 Å². The van der Waals surface area contributed by atoms with Crippen molar-refractivity contribution in [2.75, 3.05) is 6.54 Å². The Morgan fingerprint density at radius 3 is 2.71 bits per heavy atom. The molecule has 108 valence electrons. The van der Waals surface area contributed by atoms with Crippen LogP contribution in [0.3, 0.4) is 0 Å². The highest BCUT2D eigenvalue weighted by atomic mass is 16.5. The highest BCUT2D eigenvalue weighted by Crippen LogP contribution is 2.23. The molecule has 0 amide bonds. The summed E-state index contributed by atoms with van der Waals surface area (Å²) in [5, 5.41) is 8.46. The summed E-state index contributed by atoms with van der Waals surface area (Å²) in [7, 11) is 0. The molecule has 3 rings (SSSR count). The largest absolute Gasteiger partial charge is 0.337 e. The number of hydrogen-bond acceptors (Lipinski definition) is 5. The Hall–Kier alpha value is -2.27. The third kappa shape index (κ3) is 2.64. The summed E-state index contributed by atoms with van der Waals surface area (Å²) in [5.74, 6) is 1.08. The first kappa shape index (κ1) is 13.7. The van der Waals surface area contributed by atoms with E-state index in [1.54, 1.807) is 0 Å². The van der Waals surface area contributed by atoms with Gasteiger partial charge < -0.3 is 9.84 Å². The summed E-state index contributed by atoms with van der Waals surface area (Å²) in [6, 6.07) is 11.9. The van der Waals surface area contributed by atoms with Gasteiger partial charge in [-0.15, -0.1) is 0 Å². The minimum atomic E-state index is -0.350. The van der Waals surface area contributed by atoms with Gasteiger partial charge in [0, 0.05) is 5.39 Å². The standard InChI is InChI=1S/C16H18N4O/c1-4-17-16(2,3)15-19-14(20-21-15)13-10-9-11-7-5-6-8-12(11)18-13/h5-10,17H,4H2,1-3H3. The predicted octanol–water partition coefficient (Wildman–Crippen LogP) is 3.13. The summed E-state index contributed by atoms with van der Waals surface area (Å²) in [4.78, 5) is 9.06. The Balaban J connectivity index is 1.98. The van der Waals surface area contributed by atoms with Crippen molar-refractivity contribution in [2.45, 2.75) is 26.3 Å². The Bertz CT molecular complexity index is 764. The van der Waals surface area contributed by atoms with Crippen LogP contribution >= 0.6 is 0 Å². The zero-order chi connectivity index (χ0) is 14.9. The zero-order valence-electron chi connectivity index (χ0n) is 12.4.